The van der Waals surface area contributed by atoms with Crippen molar-refractivity contribution in [2.24, 2.45) is 28.8 Å². The van der Waals surface area contributed by atoms with Crippen LogP contribution in [0.1, 0.15) is 88.5 Å². The molecule has 0 aromatic heterocycles. The fourth-order valence-electron chi connectivity index (χ4n) is 8.52. The van der Waals surface area contributed by atoms with Crippen molar-refractivity contribution in [2.45, 2.75) is 173 Å². The smallest absolute Gasteiger partial charge is 0.311 e. The lowest BCUT2D eigenvalue weighted by Gasteiger charge is -2.49. The highest BCUT2D eigenvalue weighted by Crippen LogP contribution is 2.40. The Morgan fingerprint density at radius 3 is 2.07 bits per heavy atom. The van der Waals surface area contributed by atoms with Crippen molar-refractivity contribution in [3.63, 3.8) is 0 Å². The number of carbonyl (C=O) groups excluding carboxylic acids is 1. The van der Waals surface area contributed by atoms with Crippen molar-refractivity contribution in [2.75, 3.05) is 48.5 Å². The van der Waals surface area contributed by atoms with Crippen LogP contribution in [0.3, 0.4) is 0 Å². The predicted octanol–water partition coefficient (Wildman–Crippen LogP) is 1.76. The molecule has 0 aromatic rings. The number of hydrogen-bond donors (Lipinski definition) is 5. The maximum Gasteiger partial charge on any atom is 0.311 e. The third kappa shape index (κ3) is 11.4. The van der Waals surface area contributed by atoms with Crippen LogP contribution in [0, 0.1) is 23.7 Å². The van der Waals surface area contributed by atoms with E-state index in [0.29, 0.717) is 18.7 Å². The molecule has 5 N–H and O–H groups in total. The monoisotopic (exact) mass is 806 g/mol. The summed E-state index contributed by atoms with van der Waals surface area (Å²) in [6.45, 7) is 17.6. The largest absolute Gasteiger partial charge is 0.459 e. The minimum Gasteiger partial charge on any atom is -0.459 e. The molecule has 16 heteroatoms. The van der Waals surface area contributed by atoms with Crippen LogP contribution < -0.4 is 0 Å². The molecule has 328 valence electrons. The minimum absolute atomic E-state index is 0.0125. The van der Waals surface area contributed by atoms with Gasteiger partial charge in [0.1, 0.15) is 30.5 Å². The van der Waals surface area contributed by atoms with Gasteiger partial charge in [0.25, 0.3) is 0 Å². The standard InChI is InChI=1S/C40H75N3O13/c1-21-19-38(8,48)35(56-37-31(44)28(43(13)14)18-22(2)52-37)24(4)32(55-29-20-39(9,50-15)34(46)26(6)53-29)25(5)36(47)54-27(7)40(10,49)33(45)23(3)30(21)41-51-17-16-42(11)12/h21-29,31-35,37,44-46,48-49H,16-20H2,1-15H3/t21-,22+,23+,24?,25?,26-,27+,28?,29+,31-,32-,33-,34+,35-,37-,38-,39-,40-/m1/s1. The number of esters is 1. The summed E-state index contributed by atoms with van der Waals surface area (Å²) < 4.78 is 37.5. The second-order valence-electron chi connectivity index (χ2n) is 18.0. The van der Waals surface area contributed by atoms with Gasteiger partial charge in [0.2, 0.25) is 0 Å². The fourth-order valence-corrected chi connectivity index (χ4v) is 8.52. The van der Waals surface area contributed by atoms with Crippen molar-refractivity contribution in [1.29, 1.82) is 0 Å². The highest BCUT2D eigenvalue weighted by Gasteiger charge is 2.53. The molecule has 3 heterocycles. The number of hydrogen-bond acceptors (Lipinski definition) is 16. The van der Waals surface area contributed by atoms with Gasteiger partial charge in [-0.1, -0.05) is 25.9 Å². The molecule has 0 radical (unpaired) electrons. The maximum absolute atomic E-state index is 14.2. The topological polar surface area (TPSA) is 202 Å². The lowest BCUT2D eigenvalue weighted by molar-refractivity contribution is -0.317. The zero-order valence-electron chi connectivity index (χ0n) is 36.5. The Morgan fingerprint density at radius 1 is 0.875 bits per heavy atom. The second kappa shape index (κ2) is 19.7. The van der Waals surface area contributed by atoms with E-state index in [-0.39, 0.29) is 31.6 Å². The summed E-state index contributed by atoms with van der Waals surface area (Å²) in [6.07, 6.45) is -9.42. The van der Waals surface area contributed by atoms with E-state index in [1.165, 1.54) is 21.0 Å². The Bertz CT molecular complexity index is 1290. The van der Waals surface area contributed by atoms with E-state index >= 15 is 0 Å². The van der Waals surface area contributed by atoms with Gasteiger partial charge in [0, 0.05) is 43.9 Å². The van der Waals surface area contributed by atoms with E-state index in [0.717, 1.165) is 0 Å². The quantitative estimate of drug-likeness (QED) is 0.121. The highest BCUT2D eigenvalue weighted by molar-refractivity contribution is 5.88. The summed E-state index contributed by atoms with van der Waals surface area (Å²) in [4.78, 5) is 23.8. The number of aliphatic hydroxyl groups is 5. The van der Waals surface area contributed by atoms with Gasteiger partial charge in [0.05, 0.1) is 53.4 Å². The number of likely N-dealkylation sites (N-methyl/N-ethyl adjacent to an activating group) is 2. The van der Waals surface area contributed by atoms with Crippen molar-refractivity contribution in [3.8, 4) is 0 Å². The predicted molar refractivity (Wildman–Crippen MR) is 209 cm³/mol. The van der Waals surface area contributed by atoms with E-state index < -0.39 is 102 Å². The number of aliphatic hydroxyl groups excluding tert-OH is 3. The molecule has 3 saturated heterocycles. The number of carbonyl (C=O) groups is 1. The summed E-state index contributed by atoms with van der Waals surface area (Å²) in [5, 5.41) is 63.3. The normalized spacial score (nSPS) is 47.1. The lowest BCUT2D eigenvalue weighted by atomic mass is 9.74. The lowest BCUT2D eigenvalue weighted by Crippen LogP contribution is -2.61. The van der Waals surface area contributed by atoms with Crippen LogP contribution in [0.2, 0.25) is 0 Å². The summed E-state index contributed by atoms with van der Waals surface area (Å²) in [5.41, 5.74) is -4.34. The Morgan fingerprint density at radius 2 is 1.50 bits per heavy atom. The third-order valence-electron chi connectivity index (χ3n) is 12.5. The van der Waals surface area contributed by atoms with E-state index in [1.807, 2.05) is 51.8 Å². The Labute approximate surface area is 334 Å². The van der Waals surface area contributed by atoms with Crippen LogP contribution in [0.25, 0.3) is 0 Å². The van der Waals surface area contributed by atoms with Crippen molar-refractivity contribution in [3.05, 3.63) is 0 Å². The molecule has 0 spiro atoms. The first-order valence-corrected chi connectivity index (χ1v) is 20.2. The van der Waals surface area contributed by atoms with Gasteiger partial charge in [-0.15, -0.1) is 0 Å². The second-order valence-corrected chi connectivity index (χ2v) is 18.0. The molecule has 0 aliphatic carbocycles. The van der Waals surface area contributed by atoms with Crippen LogP contribution in [0.5, 0.6) is 0 Å². The van der Waals surface area contributed by atoms with Crippen LogP contribution in [0.15, 0.2) is 5.16 Å². The fraction of sp³-hybridized carbons (Fsp3) is 0.950. The van der Waals surface area contributed by atoms with Gasteiger partial charge in [-0.3, -0.25) is 4.79 Å². The summed E-state index contributed by atoms with van der Waals surface area (Å²) in [6, 6.07) is -0.313. The first kappa shape index (κ1) is 48.8. The van der Waals surface area contributed by atoms with E-state index in [9.17, 15) is 30.3 Å². The molecule has 0 bridgehead atoms. The molecule has 56 heavy (non-hydrogen) atoms. The number of rotatable bonds is 10. The summed E-state index contributed by atoms with van der Waals surface area (Å²) >= 11 is 0. The third-order valence-corrected chi connectivity index (χ3v) is 12.5. The van der Waals surface area contributed by atoms with E-state index in [4.69, 9.17) is 33.3 Å². The van der Waals surface area contributed by atoms with Crippen LogP contribution in [-0.2, 0) is 38.1 Å². The molecule has 0 aromatic carbocycles. The molecule has 3 fully saturated rings. The Hall–Kier alpha value is -1.54. The summed E-state index contributed by atoms with van der Waals surface area (Å²) in [7, 11) is 9.03. The minimum atomic E-state index is -1.94. The van der Waals surface area contributed by atoms with Gasteiger partial charge in [-0.05, 0) is 89.5 Å². The van der Waals surface area contributed by atoms with Gasteiger partial charge in [-0.25, -0.2) is 0 Å². The molecule has 0 saturated carbocycles. The maximum atomic E-state index is 14.2. The molecular weight excluding hydrogens is 730 g/mol. The molecular formula is C40H75N3O13. The SMILES string of the molecule is CO[C@]1(C)C[C@H](O[C@H]2C(C)C(=O)O[C@@H](C)[C@@](C)(O)[C@H](O)[C@@H](C)C(=NOCCN(C)C)[C@H](C)C[C@@](C)(O)[C@H](O[C@H]3O[C@@H](C)CC(N(C)C)[C@H]3O)C2C)O[C@H](C)[C@@H]1O. The number of cyclic esters (lactones) is 1. The zero-order valence-corrected chi connectivity index (χ0v) is 36.5. The molecule has 3 aliphatic rings. The average Bonchev–Trinajstić information content (AvgIpc) is 3.10. The summed E-state index contributed by atoms with van der Waals surface area (Å²) in [5.74, 6) is -3.98. The van der Waals surface area contributed by atoms with E-state index in [1.54, 1.807) is 41.5 Å². The molecule has 0 amide bonds. The molecule has 3 aliphatic heterocycles. The van der Waals surface area contributed by atoms with E-state index in [2.05, 4.69) is 5.16 Å². The average molecular weight is 806 g/mol. The number of methoxy groups -OCH3 is 1. The zero-order chi connectivity index (χ0) is 42.7. The molecule has 16 nitrogen and oxygen atoms in total. The molecule has 18 atom stereocenters. The molecule has 3 unspecified atom stereocenters. The van der Waals surface area contributed by atoms with Crippen LogP contribution >= 0.6 is 0 Å². The van der Waals surface area contributed by atoms with Gasteiger partial charge >= 0.3 is 5.97 Å². The van der Waals surface area contributed by atoms with Crippen LogP contribution in [-0.4, -0.2) is 180 Å². The van der Waals surface area contributed by atoms with Crippen molar-refractivity contribution >= 4 is 11.7 Å². The number of ether oxygens (including phenoxy) is 6. The number of oxime groups is 1. The highest BCUT2D eigenvalue weighted by atomic mass is 16.7. The van der Waals surface area contributed by atoms with Gasteiger partial charge in [0.15, 0.2) is 12.6 Å². The van der Waals surface area contributed by atoms with Gasteiger partial charge in [-0.2, -0.15) is 0 Å². The number of nitrogens with zero attached hydrogens (tertiary/aromatic N) is 3. The first-order chi connectivity index (χ1) is 25.8. The first-order valence-electron chi connectivity index (χ1n) is 20.2. The molecule has 3 rings (SSSR count). The Balaban J connectivity index is 2.22. The van der Waals surface area contributed by atoms with Gasteiger partial charge < -0.3 is 68.6 Å². The van der Waals surface area contributed by atoms with Crippen molar-refractivity contribution < 1.29 is 63.6 Å². The Kier molecular flexibility index (Phi) is 17.2. The van der Waals surface area contributed by atoms with Crippen molar-refractivity contribution in [1.82, 2.24) is 9.80 Å². The van der Waals surface area contributed by atoms with Crippen LogP contribution in [0.4, 0.5) is 0 Å².